The van der Waals surface area contributed by atoms with Gasteiger partial charge in [-0.1, -0.05) is 0 Å². The molecule has 0 saturated carbocycles. The van der Waals surface area contributed by atoms with Crippen molar-refractivity contribution in [1.29, 1.82) is 0 Å². The van der Waals surface area contributed by atoms with Crippen LogP contribution in [0.5, 0.6) is 5.88 Å². The molecular weight excluding hydrogens is 224 g/mol. The molecule has 0 bridgehead atoms. The summed E-state index contributed by atoms with van der Waals surface area (Å²) < 4.78 is 10.8. The standard InChI is InChI=1S/C11H14N2O4/c1-15-13-11(14)8-2-3-10(12-6-8)17-9-4-5-16-7-9/h2-3,6,9H,4-5,7H2,1H3,(H,13,14). The molecule has 17 heavy (non-hydrogen) atoms. The Morgan fingerprint density at radius 2 is 2.47 bits per heavy atom. The fraction of sp³-hybridized carbons (Fsp3) is 0.455. The molecule has 2 rings (SSSR count). The number of pyridine rings is 1. The molecule has 92 valence electrons. The predicted molar refractivity (Wildman–Crippen MR) is 58.6 cm³/mol. The number of amides is 1. The highest BCUT2D eigenvalue weighted by molar-refractivity contribution is 5.93. The minimum atomic E-state index is -0.337. The number of nitrogens with zero attached hydrogens (tertiary/aromatic N) is 1. The Kier molecular flexibility index (Phi) is 3.89. The lowest BCUT2D eigenvalue weighted by Gasteiger charge is -2.10. The Bertz CT molecular complexity index is 374. The highest BCUT2D eigenvalue weighted by Gasteiger charge is 2.17. The van der Waals surface area contributed by atoms with Gasteiger partial charge in [0, 0.05) is 18.7 Å². The molecule has 1 aliphatic rings. The van der Waals surface area contributed by atoms with Crippen molar-refractivity contribution in [3.63, 3.8) is 0 Å². The van der Waals surface area contributed by atoms with Gasteiger partial charge in [-0.05, 0) is 6.07 Å². The Labute approximate surface area is 98.8 Å². The van der Waals surface area contributed by atoms with Gasteiger partial charge in [-0.3, -0.25) is 9.63 Å². The molecule has 1 aliphatic heterocycles. The summed E-state index contributed by atoms with van der Waals surface area (Å²) in [6.07, 6.45) is 2.37. The van der Waals surface area contributed by atoms with Gasteiger partial charge in [0.2, 0.25) is 5.88 Å². The fourth-order valence-corrected chi connectivity index (χ4v) is 1.51. The fourth-order valence-electron chi connectivity index (χ4n) is 1.51. The monoisotopic (exact) mass is 238 g/mol. The normalized spacial score (nSPS) is 19.0. The van der Waals surface area contributed by atoms with Crippen LogP contribution in [-0.2, 0) is 9.57 Å². The Morgan fingerprint density at radius 1 is 1.59 bits per heavy atom. The Hall–Kier alpha value is -1.66. The smallest absolute Gasteiger partial charge is 0.276 e. The first-order valence-electron chi connectivity index (χ1n) is 5.33. The van der Waals surface area contributed by atoms with Crippen LogP contribution in [0.2, 0.25) is 0 Å². The molecule has 6 nitrogen and oxygen atoms in total. The average Bonchev–Trinajstić information content (AvgIpc) is 2.83. The highest BCUT2D eigenvalue weighted by atomic mass is 16.6. The number of hydroxylamine groups is 1. The molecule has 1 amide bonds. The zero-order valence-electron chi connectivity index (χ0n) is 9.51. The number of nitrogens with one attached hydrogen (secondary N) is 1. The molecule has 0 aromatic carbocycles. The summed E-state index contributed by atoms with van der Waals surface area (Å²) in [5.41, 5.74) is 2.63. The first-order valence-corrected chi connectivity index (χ1v) is 5.33. The second-order valence-corrected chi connectivity index (χ2v) is 3.62. The average molecular weight is 238 g/mol. The van der Waals surface area contributed by atoms with Gasteiger partial charge >= 0.3 is 0 Å². The second-order valence-electron chi connectivity index (χ2n) is 3.62. The van der Waals surface area contributed by atoms with Crippen molar-refractivity contribution in [3.05, 3.63) is 23.9 Å². The lowest BCUT2D eigenvalue weighted by Crippen LogP contribution is -2.22. The van der Waals surface area contributed by atoms with E-state index in [4.69, 9.17) is 9.47 Å². The number of carbonyl (C=O) groups is 1. The number of ether oxygens (including phenoxy) is 2. The largest absolute Gasteiger partial charge is 0.472 e. The maximum Gasteiger partial charge on any atom is 0.276 e. The molecule has 1 aromatic rings. The van der Waals surface area contributed by atoms with E-state index in [1.54, 1.807) is 12.1 Å². The zero-order chi connectivity index (χ0) is 12.1. The molecule has 1 atom stereocenters. The molecule has 1 saturated heterocycles. The van der Waals surface area contributed by atoms with Gasteiger partial charge in [0.25, 0.3) is 5.91 Å². The summed E-state index contributed by atoms with van der Waals surface area (Å²) in [5, 5.41) is 0. The SMILES string of the molecule is CONC(=O)c1ccc(OC2CCOC2)nc1. The van der Waals surface area contributed by atoms with E-state index >= 15 is 0 Å². The van der Waals surface area contributed by atoms with E-state index in [2.05, 4.69) is 15.3 Å². The maximum absolute atomic E-state index is 11.4. The van der Waals surface area contributed by atoms with Gasteiger partial charge in [-0.25, -0.2) is 10.5 Å². The molecule has 1 unspecified atom stereocenters. The van der Waals surface area contributed by atoms with E-state index in [0.717, 1.165) is 13.0 Å². The van der Waals surface area contributed by atoms with E-state index in [0.29, 0.717) is 18.1 Å². The predicted octanol–water partition coefficient (Wildman–Crippen LogP) is 0.540. The minimum Gasteiger partial charge on any atom is -0.472 e. The summed E-state index contributed by atoms with van der Waals surface area (Å²) in [6.45, 7) is 1.31. The van der Waals surface area contributed by atoms with Crippen LogP contribution in [0.25, 0.3) is 0 Å². The van der Waals surface area contributed by atoms with Crippen molar-refractivity contribution in [2.45, 2.75) is 12.5 Å². The summed E-state index contributed by atoms with van der Waals surface area (Å²) in [7, 11) is 1.38. The molecule has 1 N–H and O–H groups in total. The molecule has 1 fully saturated rings. The van der Waals surface area contributed by atoms with E-state index in [1.807, 2.05) is 0 Å². The van der Waals surface area contributed by atoms with Crippen LogP contribution in [0.15, 0.2) is 18.3 Å². The van der Waals surface area contributed by atoms with Crippen LogP contribution >= 0.6 is 0 Å². The van der Waals surface area contributed by atoms with Gasteiger partial charge in [0.15, 0.2) is 0 Å². The van der Waals surface area contributed by atoms with Crippen LogP contribution in [0.1, 0.15) is 16.8 Å². The molecule has 6 heteroatoms. The summed E-state index contributed by atoms with van der Waals surface area (Å²) in [6, 6.07) is 3.29. The van der Waals surface area contributed by atoms with Crippen LogP contribution < -0.4 is 10.2 Å². The Morgan fingerprint density at radius 3 is 3.06 bits per heavy atom. The number of rotatable bonds is 4. The molecular formula is C11H14N2O4. The molecule has 1 aromatic heterocycles. The lowest BCUT2D eigenvalue weighted by atomic mass is 10.3. The number of hydrogen-bond acceptors (Lipinski definition) is 5. The molecule has 0 aliphatic carbocycles. The van der Waals surface area contributed by atoms with Gasteiger partial charge in [-0.15, -0.1) is 0 Å². The van der Waals surface area contributed by atoms with E-state index in [9.17, 15) is 4.79 Å². The van der Waals surface area contributed by atoms with Crippen LogP contribution in [0, 0.1) is 0 Å². The Balaban J connectivity index is 1.94. The summed E-state index contributed by atoms with van der Waals surface area (Å²) in [5.74, 6) is 0.158. The van der Waals surface area contributed by atoms with E-state index < -0.39 is 0 Å². The topological polar surface area (TPSA) is 69.7 Å². The van der Waals surface area contributed by atoms with Crippen LogP contribution in [0.3, 0.4) is 0 Å². The molecule has 0 radical (unpaired) electrons. The third-order valence-corrected chi connectivity index (χ3v) is 2.37. The van der Waals surface area contributed by atoms with Crippen LogP contribution in [0.4, 0.5) is 0 Å². The van der Waals surface area contributed by atoms with Crippen molar-refractivity contribution >= 4 is 5.91 Å². The summed E-state index contributed by atoms with van der Waals surface area (Å²) >= 11 is 0. The van der Waals surface area contributed by atoms with E-state index in [-0.39, 0.29) is 12.0 Å². The second kappa shape index (κ2) is 5.60. The summed E-state index contributed by atoms with van der Waals surface area (Å²) in [4.78, 5) is 19.9. The molecule has 2 heterocycles. The zero-order valence-corrected chi connectivity index (χ0v) is 9.51. The van der Waals surface area contributed by atoms with Crippen molar-refractivity contribution < 1.29 is 19.1 Å². The highest BCUT2D eigenvalue weighted by Crippen LogP contribution is 2.14. The minimum absolute atomic E-state index is 0.0566. The van der Waals surface area contributed by atoms with Crippen molar-refractivity contribution in [1.82, 2.24) is 10.5 Å². The number of hydrogen-bond donors (Lipinski definition) is 1. The maximum atomic E-state index is 11.4. The van der Waals surface area contributed by atoms with Gasteiger partial charge in [0.05, 0.1) is 25.9 Å². The van der Waals surface area contributed by atoms with Crippen LogP contribution in [-0.4, -0.2) is 37.3 Å². The van der Waals surface area contributed by atoms with Gasteiger partial charge in [-0.2, -0.15) is 0 Å². The van der Waals surface area contributed by atoms with Crippen molar-refractivity contribution in [2.24, 2.45) is 0 Å². The number of carbonyl (C=O) groups excluding carboxylic acids is 1. The lowest BCUT2D eigenvalue weighted by molar-refractivity contribution is 0.0537. The third-order valence-electron chi connectivity index (χ3n) is 2.37. The van der Waals surface area contributed by atoms with Gasteiger partial charge in [0.1, 0.15) is 6.10 Å². The molecule has 0 spiro atoms. The van der Waals surface area contributed by atoms with Crippen molar-refractivity contribution in [3.8, 4) is 5.88 Å². The first-order chi connectivity index (χ1) is 8.29. The van der Waals surface area contributed by atoms with Gasteiger partial charge < -0.3 is 9.47 Å². The number of aromatic nitrogens is 1. The van der Waals surface area contributed by atoms with E-state index in [1.165, 1.54) is 13.3 Å². The first kappa shape index (κ1) is 11.8. The quantitative estimate of drug-likeness (QED) is 0.775. The van der Waals surface area contributed by atoms with Crippen molar-refractivity contribution in [2.75, 3.05) is 20.3 Å². The third kappa shape index (κ3) is 3.15.